The fourth-order valence-electron chi connectivity index (χ4n) is 1.25. The minimum Gasteiger partial charge on any atom is -0.325 e. The molecule has 0 aliphatic heterocycles. The van der Waals surface area contributed by atoms with E-state index in [4.69, 9.17) is 17.3 Å². The van der Waals surface area contributed by atoms with Gasteiger partial charge < -0.3 is 5.73 Å². The Morgan fingerprint density at radius 1 is 1.33 bits per heavy atom. The van der Waals surface area contributed by atoms with Gasteiger partial charge in [-0.1, -0.05) is 11.6 Å². The van der Waals surface area contributed by atoms with E-state index in [1.165, 1.54) is 12.1 Å². The first-order valence-electron chi connectivity index (χ1n) is 4.41. The van der Waals surface area contributed by atoms with E-state index in [0.717, 1.165) is 5.69 Å². The Bertz CT molecular complexity index is 464. The van der Waals surface area contributed by atoms with E-state index in [2.05, 4.69) is 5.10 Å². The predicted octanol–water partition coefficient (Wildman–Crippen LogP) is 2.12. The van der Waals surface area contributed by atoms with Gasteiger partial charge in [-0.3, -0.25) is 0 Å². The van der Waals surface area contributed by atoms with Crippen LogP contribution in [-0.4, -0.2) is 9.78 Å². The summed E-state index contributed by atoms with van der Waals surface area (Å²) in [6, 6.07) is 5.98. The third kappa shape index (κ3) is 2.00. The highest BCUT2D eigenvalue weighted by Gasteiger charge is 2.06. The maximum Gasteiger partial charge on any atom is 0.123 e. The fourth-order valence-corrected chi connectivity index (χ4v) is 1.46. The van der Waals surface area contributed by atoms with E-state index >= 15 is 0 Å². The highest BCUT2D eigenvalue weighted by atomic mass is 35.5. The summed E-state index contributed by atoms with van der Waals surface area (Å²) < 4.78 is 14.3. The minimum atomic E-state index is -0.281. The summed E-state index contributed by atoms with van der Waals surface area (Å²) in [6.07, 6.45) is 1.65. The Hall–Kier alpha value is -1.39. The number of nitrogens with two attached hydrogens (primary N) is 1. The summed E-state index contributed by atoms with van der Waals surface area (Å²) in [7, 11) is 0. The summed E-state index contributed by atoms with van der Waals surface area (Å²) in [5.41, 5.74) is 6.82. The van der Waals surface area contributed by atoms with Crippen LogP contribution in [0.3, 0.4) is 0 Å². The number of halogens is 2. The van der Waals surface area contributed by atoms with Crippen LogP contribution in [0.25, 0.3) is 5.69 Å². The summed E-state index contributed by atoms with van der Waals surface area (Å²) in [5.74, 6) is -0.281. The molecule has 0 spiro atoms. The quantitative estimate of drug-likeness (QED) is 0.851. The molecule has 0 saturated carbocycles. The van der Waals surface area contributed by atoms with Crippen molar-refractivity contribution in [3.8, 4) is 5.69 Å². The van der Waals surface area contributed by atoms with E-state index in [9.17, 15) is 4.39 Å². The van der Waals surface area contributed by atoms with Gasteiger partial charge in [0.25, 0.3) is 0 Å². The van der Waals surface area contributed by atoms with E-state index in [-0.39, 0.29) is 12.4 Å². The summed E-state index contributed by atoms with van der Waals surface area (Å²) >= 11 is 5.89. The van der Waals surface area contributed by atoms with E-state index in [0.29, 0.717) is 10.7 Å². The zero-order chi connectivity index (χ0) is 10.8. The molecule has 0 saturated heterocycles. The maximum atomic E-state index is 12.7. The van der Waals surface area contributed by atoms with Crippen LogP contribution < -0.4 is 5.73 Å². The molecule has 15 heavy (non-hydrogen) atoms. The molecular formula is C10H9ClFN3. The standard InChI is InChI=1S/C10H9ClFN3/c11-9-6-15(14-10(9)5-13)8-3-1-7(12)2-4-8/h1-4,6H,5,13H2. The first-order chi connectivity index (χ1) is 7.20. The number of rotatable bonds is 2. The molecule has 0 aliphatic rings. The second kappa shape index (κ2) is 4.00. The van der Waals surface area contributed by atoms with Gasteiger partial charge in [0.05, 0.1) is 16.4 Å². The number of hydrogen-bond acceptors (Lipinski definition) is 2. The molecule has 0 atom stereocenters. The Morgan fingerprint density at radius 2 is 2.00 bits per heavy atom. The highest BCUT2D eigenvalue weighted by Crippen LogP contribution is 2.16. The lowest BCUT2D eigenvalue weighted by atomic mass is 10.3. The van der Waals surface area contributed by atoms with Crippen LogP contribution in [0.4, 0.5) is 4.39 Å². The Kier molecular flexibility index (Phi) is 2.70. The van der Waals surface area contributed by atoms with Crippen molar-refractivity contribution in [2.45, 2.75) is 6.54 Å². The van der Waals surface area contributed by atoms with Gasteiger partial charge in [0.1, 0.15) is 5.82 Å². The average Bonchev–Trinajstić information content (AvgIpc) is 2.61. The Labute approximate surface area is 91.3 Å². The average molecular weight is 226 g/mol. The van der Waals surface area contributed by atoms with Crippen molar-refractivity contribution in [2.75, 3.05) is 0 Å². The first-order valence-corrected chi connectivity index (χ1v) is 4.78. The molecule has 1 heterocycles. The molecule has 0 aliphatic carbocycles. The predicted molar refractivity (Wildman–Crippen MR) is 56.4 cm³/mol. The normalized spacial score (nSPS) is 10.6. The van der Waals surface area contributed by atoms with Crippen LogP contribution in [0, 0.1) is 5.82 Å². The third-order valence-corrected chi connectivity index (χ3v) is 2.34. The lowest BCUT2D eigenvalue weighted by Gasteiger charge is -1.99. The van der Waals surface area contributed by atoms with Gasteiger partial charge in [-0.2, -0.15) is 5.10 Å². The van der Waals surface area contributed by atoms with E-state index in [1.54, 1.807) is 23.0 Å². The van der Waals surface area contributed by atoms with Gasteiger partial charge in [0.2, 0.25) is 0 Å². The number of nitrogens with zero attached hydrogens (tertiary/aromatic N) is 2. The molecule has 0 radical (unpaired) electrons. The maximum absolute atomic E-state index is 12.7. The molecular weight excluding hydrogens is 217 g/mol. The number of aromatic nitrogens is 2. The third-order valence-electron chi connectivity index (χ3n) is 2.02. The van der Waals surface area contributed by atoms with Crippen LogP contribution >= 0.6 is 11.6 Å². The second-order valence-corrected chi connectivity index (χ2v) is 3.46. The fraction of sp³-hybridized carbons (Fsp3) is 0.100. The summed E-state index contributed by atoms with van der Waals surface area (Å²) in [6.45, 7) is 0.285. The SMILES string of the molecule is NCc1nn(-c2ccc(F)cc2)cc1Cl. The van der Waals surface area contributed by atoms with Gasteiger partial charge in [-0.15, -0.1) is 0 Å². The van der Waals surface area contributed by atoms with Crippen molar-refractivity contribution < 1.29 is 4.39 Å². The monoisotopic (exact) mass is 225 g/mol. The van der Waals surface area contributed by atoms with Crippen LogP contribution in [0.5, 0.6) is 0 Å². The van der Waals surface area contributed by atoms with Crippen molar-refractivity contribution in [3.05, 3.63) is 47.0 Å². The second-order valence-electron chi connectivity index (χ2n) is 3.05. The smallest absolute Gasteiger partial charge is 0.123 e. The van der Waals surface area contributed by atoms with Gasteiger partial charge in [0.15, 0.2) is 0 Å². The van der Waals surface area contributed by atoms with Gasteiger partial charge in [0, 0.05) is 12.7 Å². The van der Waals surface area contributed by atoms with Crippen molar-refractivity contribution in [1.82, 2.24) is 9.78 Å². The molecule has 2 rings (SSSR count). The molecule has 5 heteroatoms. The van der Waals surface area contributed by atoms with Crippen LogP contribution in [0.15, 0.2) is 30.5 Å². The van der Waals surface area contributed by atoms with Crippen LogP contribution in [0.2, 0.25) is 5.02 Å². The molecule has 1 aromatic heterocycles. The van der Waals surface area contributed by atoms with Crippen molar-refractivity contribution in [3.63, 3.8) is 0 Å². The molecule has 78 valence electrons. The first kappa shape index (κ1) is 10.1. The lowest BCUT2D eigenvalue weighted by molar-refractivity contribution is 0.627. The van der Waals surface area contributed by atoms with E-state index in [1.807, 2.05) is 0 Å². The Balaban J connectivity index is 2.41. The number of benzene rings is 1. The molecule has 0 bridgehead atoms. The van der Waals surface area contributed by atoms with E-state index < -0.39 is 0 Å². The van der Waals surface area contributed by atoms with Crippen molar-refractivity contribution in [1.29, 1.82) is 0 Å². The zero-order valence-corrected chi connectivity index (χ0v) is 8.58. The molecule has 1 aromatic carbocycles. The van der Waals surface area contributed by atoms with Crippen molar-refractivity contribution in [2.24, 2.45) is 5.73 Å². The summed E-state index contributed by atoms with van der Waals surface area (Å²) in [5, 5.41) is 4.68. The largest absolute Gasteiger partial charge is 0.325 e. The van der Waals surface area contributed by atoms with Crippen LogP contribution in [-0.2, 0) is 6.54 Å². The topological polar surface area (TPSA) is 43.8 Å². The molecule has 0 amide bonds. The molecule has 2 aromatic rings. The molecule has 2 N–H and O–H groups in total. The minimum absolute atomic E-state index is 0.281. The van der Waals surface area contributed by atoms with Gasteiger partial charge >= 0.3 is 0 Å². The molecule has 0 fully saturated rings. The van der Waals surface area contributed by atoms with Crippen molar-refractivity contribution >= 4 is 11.6 Å². The van der Waals surface area contributed by atoms with Gasteiger partial charge in [-0.25, -0.2) is 9.07 Å². The highest BCUT2D eigenvalue weighted by molar-refractivity contribution is 6.31. The molecule has 0 unspecified atom stereocenters. The van der Waals surface area contributed by atoms with Gasteiger partial charge in [-0.05, 0) is 24.3 Å². The lowest BCUT2D eigenvalue weighted by Crippen LogP contribution is -2.00. The Morgan fingerprint density at radius 3 is 2.53 bits per heavy atom. The number of hydrogen-bond donors (Lipinski definition) is 1. The van der Waals surface area contributed by atoms with Crippen LogP contribution in [0.1, 0.15) is 5.69 Å². The zero-order valence-electron chi connectivity index (χ0n) is 7.82. The summed E-state index contributed by atoms with van der Waals surface area (Å²) in [4.78, 5) is 0. The molecule has 3 nitrogen and oxygen atoms in total.